The van der Waals surface area contributed by atoms with Crippen LogP contribution in [0.1, 0.15) is 200 Å². The van der Waals surface area contributed by atoms with Crippen LogP contribution in [0.4, 0.5) is 45.5 Å². The molecule has 1 saturated carbocycles. The van der Waals surface area contributed by atoms with E-state index in [9.17, 15) is 0 Å². The molecule has 3 nitrogen and oxygen atoms in total. The molecule has 3 aliphatic heterocycles. The predicted octanol–water partition coefficient (Wildman–Crippen LogP) is 18.4. The van der Waals surface area contributed by atoms with Crippen LogP contribution in [-0.2, 0) is 37.9 Å². The third-order valence-electron chi connectivity index (χ3n) is 21.2. The van der Waals surface area contributed by atoms with Gasteiger partial charge in [-0.25, -0.2) is 0 Å². The summed E-state index contributed by atoms with van der Waals surface area (Å²) in [6, 6.07) is 51.9. The minimum Gasteiger partial charge on any atom is -0.334 e. The lowest BCUT2D eigenvalue weighted by Gasteiger charge is -2.51. The van der Waals surface area contributed by atoms with Crippen LogP contribution >= 0.6 is 0 Å². The summed E-state index contributed by atoms with van der Waals surface area (Å²) in [5.74, 6) is 0. The molecule has 0 radical (unpaired) electrons. The highest BCUT2D eigenvalue weighted by atomic mass is 15.3. The zero-order valence-electron chi connectivity index (χ0n) is 50.5. The third kappa shape index (κ3) is 7.35. The number of hydrogen-bond acceptors (Lipinski definition) is 3. The monoisotopic (exact) mass is 1030 g/mol. The van der Waals surface area contributed by atoms with Gasteiger partial charge in [0.15, 0.2) is 0 Å². The Morgan fingerprint density at radius 3 is 1.68 bits per heavy atom. The maximum Gasteiger partial charge on any atom is 0.252 e. The standard InChI is InChI=1S/C74H86BN3/c1-46-37-64-66-65(38-46)77(60-31-25-48(67(2,3)4)39-52(60)47-23-19-18-20-24-47)63-44-56-55(69(8,9)35-36-70(56,10)11)43-59(63)75(66)58-30-28-51(42-62(58)76(64)50-27-29-53-54(41-50)72(14,15)45-71(53,12)13)78-61-32-26-49(68(5,6)7)40-57(61)73(16)33-21-22-34-74(73,78)17/h18-20,23-32,37-44H,21-22,33-36,45H2,1-17H3. The average molecular weight is 1030 g/mol. The first-order chi connectivity index (χ1) is 36.5. The van der Waals surface area contributed by atoms with Crippen molar-refractivity contribution in [1.29, 1.82) is 0 Å². The molecule has 0 spiro atoms. The first-order valence-electron chi connectivity index (χ1n) is 29.9. The van der Waals surface area contributed by atoms with Gasteiger partial charge in [0.05, 0.1) is 11.2 Å². The van der Waals surface area contributed by atoms with Crippen molar-refractivity contribution in [2.24, 2.45) is 0 Å². The zero-order valence-corrected chi connectivity index (χ0v) is 50.5. The van der Waals surface area contributed by atoms with E-state index >= 15 is 0 Å². The van der Waals surface area contributed by atoms with Crippen molar-refractivity contribution >= 4 is 68.6 Å². The van der Waals surface area contributed by atoms with Crippen LogP contribution in [-0.4, -0.2) is 12.3 Å². The van der Waals surface area contributed by atoms with E-state index in [1.807, 2.05) is 0 Å². The molecule has 2 unspecified atom stereocenters. The van der Waals surface area contributed by atoms with Crippen LogP contribution in [0.2, 0.25) is 0 Å². The van der Waals surface area contributed by atoms with Crippen LogP contribution in [0.15, 0.2) is 127 Å². The molecule has 6 aliphatic rings. The molecular formula is C74H86BN3. The summed E-state index contributed by atoms with van der Waals surface area (Å²) in [5, 5.41) is 0. The van der Waals surface area contributed by atoms with Gasteiger partial charge >= 0.3 is 0 Å². The summed E-state index contributed by atoms with van der Waals surface area (Å²) in [5.41, 5.74) is 28.8. The van der Waals surface area contributed by atoms with Gasteiger partial charge in [-0.1, -0.05) is 183 Å². The number of anilines is 8. The Morgan fingerprint density at radius 1 is 0.423 bits per heavy atom. The van der Waals surface area contributed by atoms with E-state index in [0.29, 0.717) is 0 Å². The quantitative estimate of drug-likeness (QED) is 0.163. The number of benzene rings is 7. The summed E-state index contributed by atoms with van der Waals surface area (Å²) in [7, 11) is 0. The highest BCUT2D eigenvalue weighted by Gasteiger charge is 2.58. The molecule has 2 atom stereocenters. The number of rotatable bonds is 4. The van der Waals surface area contributed by atoms with Gasteiger partial charge in [-0.3, -0.25) is 0 Å². The fraction of sp³-hybridized carbons (Fsp3) is 0.432. The van der Waals surface area contributed by atoms with Crippen molar-refractivity contribution in [3.8, 4) is 11.1 Å². The SMILES string of the molecule is Cc1cc2c3c(c1)N(c1ccc(C(C)(C)C)cc1-c1ccccc1)c1cc4c(cc1B3c1ccc(N3c5ccc(C(C)(C)C)cc5C5(C)CCCCC35C)cc1N2c1ccc2c(c1)C(C)(C)CC2(C)C)C(C)(C)CCC4(C)C. The minimum absolute atomic E-state index is 0.00264. The Kier molecular flexibility index (Phi) is 10.9. The van der Waals surface area contributed by atoms with Gasteiger partial charge in [0.25, 0.3) is 6.71 Å². The van der Waals surface area contributed by atoms with Gasteiger partial charge in [0.1, 0.15) is 0 Å². The van der Waals surface area contributed by atoms with Gasteiger partial charge in [-0.2, -0.15) is 0 Å². The molecule has 0 aromatic heterocycles. The van der Waals surface area contributed by atoms with E-state index in [4.69, 9.17) is 0 Å². The topological polar surface area (TPSA) is 9.72 Å². The summed E-state index contributed by atoms with van der Waals surface area (Å²) in [6.07, 6.45) is 8.33. The molecule has 0 bridgehead atoms. The molecular weight excluding hydrogens is 942 g/mol. The van der Waals surface area contributed by atoms with Crippen LogP contribution in [0.25, 0.3) is 11.1 Å². The lowest BCUT2D eigenvalue weighted by Crippen LogP contribution is -2.62. The second-order valence-electron chi connectivity index (χ2n) is 30.4. The van der Waals surface area contributed by atoms with Gasteiger partial charge in [-0.05, 0) is 206 Å². The third-order valence-corrected chi connectivity index (χ3v) is 21.2. The number of nitrogens with zero attached hydrogens (tertiary/aromatic N) is 3. The molecule has 0 N–H and O–H groups in total. The maximum absolute atomic E-state index is 2.82. The summed E-state index contributed by atoms with van der Waals surface area (Å²) >= 11 is 0. The Morgan fingerprint density at radius 2 is 1.00 bits per heavy atom. The van der Waals surface area contributed by atoms with E-state index in [-0.39, 0.29) is 50.2 Å². The average Bonchev–Trinajstić information content (AvgIpc) is 2.37. The van der Waals surface area contributed by atoms with Crippen LogP contribution < -0.4 is 31.1 Å². The van der Waals surface area contributed by atoms with Crippen molar-refractivity contribution in [3.63, 3.8) is 0 Å². The smallest absolute Gasteiger partial charge is 0.252 e. The predicted molar refractivity (Wildman–Crippen MR) is 337 cm³/mol. The first-order valence-corrected chi connectivity index (χ1v) is 29.9. The molecule has 0 amide bonds. The lowest BCUT2D eigenvalue weighted by atomic mass is 9.33. The number of fused-ring (bicyclic) bond motifs is 9. The van der Waals surface area contributed by atoms with E-state index in [2.05, 4.69) is 260 Å². The summed E-state index contributed by atoms with van der Waals surface area (Å²) < 4.78 is 0. The molecule has 400 valence electrons. The molecule has 4 heteroatoms. The Balaban J connectivity index is 1.13. The van der Waals surface area contributed by atoms with Crippen LogP contribution in [0.3, 0.4) is 0 Å². The molecule has 7 aromatic carbocycles. The second-order valence-corrected chi connectivity index (χ2v) is 30.4. The van der Waals surface area contributed by atoms with E-state index in [0.717, 1.165) is 19.3 Å². The number of hydrogen-bond donors (Lipinski definition) is 0. The van der Waals surface area contributed by atoms with E-state index in [1.165, 1.54) is 143 Å². The second kappa shape index (κ2) is 16.5. The molecule has 7 aromatic rings. The molecule has 3 heterocycles. The largest absolute Gasteiger partial charge is 0.334 e. The van der Waals surface area contributed by atoms with E-state index < -0.39 is 0 Å². The van der Waals surface area contributed by atoms with Crippen molar-refractivity contribution in [3.05, 3.63) is 172 Å². The molecule has 0 saturated heterocycles. The molecule has 3 aliphatic carbocycles. The van der Waals surface area contributed by atoms with E-state index in [1.54, 1.807) is 0 Å². The molecule has 13 rings (SSSR count). The van der Waals surface area contributed by atoms with Crippen molar-refractivity contribution in [2.45, 2.75) is 206 Å². The van der Waals surface area contributed by atoms with Gasteiger partial charge in [-0.15, -0.1) is 0 Å². The van der Waals surface area contributed by atoms with Gasteiger partial charge in [0.2, 0.25) is 0 Å². The fourth-order valence-electron chi connectivity index (χ4n) is 16.6. The normalized spacial score (nSPS) is 22.7. The number of aryl methyl sites for hydroxylation is 1. The first kappa shape index (κ1) is 51.4. The summed E-state index contributed by atoms with van der Waals surface area (Å²) in [6.45, 7) is 41.6. The highest BCUT2D eigenvalue weighted by molar-refractivity contribution is 7.00. The van der Waals surface area contributed by atoms with Crippen molar-refractivity contribution in [2.75, 3.05) is 14.7 Å². The minimum atomic E-state index is -0.0863. The van der Waals surface area contributed by atoms with Gasteiger partial charge < -0.3 is 14.7 Å². The van der Waals surface area contributed by atoms with Crippen LogP contribution in [0.5, 0.6) is 0 Å². The summed E-state index contributed by atoms with van der Waals surface area (Å²) in [4.78, 5) is 8.26. The Hall–Kier alpha value is -6.00. The lowest BCUT2D eigenvalue weighted by molar-refractivity contribution is 0.195. The zero-order chi connectivity index (χ0) is 55.2. The van der Waals surface area contributed by atoms with Crippen molar-refractivity contribution in [1.82, 2.24) is 0 Å². The highest BCUT2D eigenvalue weighted by Crippen LogP contribution is 2.62. The fourth-order valence-corrected chi connectivity index (χ4v) is 16.6. The molecule has 78 heavy (non-hydrogen) atoms. The van der Waals surface area contributed by atoms with Crippen molar-refractivity contribution < 1.29 is 0 Å². The van der Waals surface area contributed by atoms with Crippen LogP contribution in [0, 0.1) is 6.92 Å². The Labute approximate surface area is 470 Å². The maximum atomic E-state index is 2.82. The molecule has 1 fully saturated rings. The Bertz CT molecular complexity index is 3650. The van der Waals surface area contributed by atoms with Gasteiger partial charge in [0, 0.05) is 50.8 Å².